The van der Waals surface area contributed by atoms with Crippen LogP contribution in [0.1, 0.15) is 52.4 Å². The Balaban J connectivity index is 1.88. The lowest BCUT2D eigenvalue weighted by Gasteiger charge is -2.27. The highest BCUT2D eigenvalue weighted by Crippen LogP contribution is 2.32. The smallest absolute Gasteiger partial charge is 0.157 e. The number of thioether (sulfide) groups is 2. The summed E-state index contributed by atoms with van der Waals surface area (Å²) in [6.45, 7) is 4.56. The van der Waals surface area contributed by atoms with Crippen LogP contribution in [0.2, 0.25) is 0 Å². The molecule has 4 heteroatoms. The van der Waals surface area contributed by atoms with Crippen LogP contribution >= 0.6 is 23.5 Å². The molecule has 2 nitrogen and oxygen atoms in total. The Morgan fingerprint density at radius 3 is 2.44 bits per heavy atom. The summed E-state index contributed by atoms with van der Waals surface area (Å²) in [6, 6.07) is 0.577. The number of amidine groups is 1. The monoisotopic (exact) mass is 286 g/mol. The molecular formula is C14H26N2S2. The van der Waals surface area contributed by atoms with Crippen molar-refractivity contribution in [1.82, 2.24) is 5.32 Å². The molecule has 1 saturated carbocycles. The molecule has 2 fully saturated rings. The van der Waals surface area contributed by atoms with Gasteiger partial charge in [0.1, 0.15) is 0 Å². The van der Waals surface area contributed by atoms with E-state index in [0.717, 1.165) is 5.25 Å². The van der Waals surface area contributed by atoms with E-state index in [2.05, 4.69) is 25.4 Å². The van der Waals surface area contributed by atoms with Crippen molar-refractivity contribution in [2.24, 2.45) is 4.99 Å². The number of aliphatic imine (C=N–C) groups is 1. The number of rotatable bonds is 4. The van der Waals surface area contributed by atoms with Crippen molar-refractivity contribution in [3.8, 4) is 0 Å². The maximum absolute atomic E-state index is 4.95. The van der Waals surface area contributed by atoms with Crippen molar-refractivity contribution in [2.75, 3.05) is 12.0 Å². The average Bonchev–Trinajstić information content (AvgIpc) is 2.84. The van der Waals surface area contributed by atoms with E-state index in [4.69, 9.17) is 4.99 Å². The molecule has 0 unspecified atom stereocenters. The van der Waals surface area contributed by atoms with Gasteiger partial charge in [0.05, 0.1) is 6.04 Å². The van der Waals surface area contributed by atoms with Gasteiger partial charge in [-0.05, 0) is 44.8 Å². The molecule has 1 saturated heterocycles. The molecule has 1 aliphatic carbocycles. The molecule has 0 radical (unpaired) electrons. The molecule has 2 rings (SSSR count). The van der Waals surface area contributed by atoms with Crippen molar-refractivity contribution in [3.05, 3.63) is 0 Å². The van der Waals surface area contributed by atoms with E-state index in [-0.39, 0.29) is 0 Å². The SMILES string of the molecule is CCC1(CC)CSC(=NC2CCC(SC)CC2)N1. The van der Waals surface area contributed by atoms with E-state index in [1.807, 2.05) is 23.5 Å². The molecule has 2 aliphatic rings. The quantitative estimate of drug-likeness (QED) is 0.848. The highest BCUT2D eigenvalue weighted by Gasteiger charge is 2.34. The maximum Gasteiger partial charge on any atom is 0.157 e. The molecule has 0 amide bonds. The van der Waals surface area contributed by atoms with Gasteiger partial charge in [-0.3, -0.25) is 4.99 Å². The second-order valence-electron chi connectivity index (χ2n) is 5.50. The fourth-order valence-corrected chi connectivity index (χ4v) is 4.93. The molecule has 18 heavy (non-hydrogen) atoms. The zero-order valence-electron chi connectivity index (χ0n) is 11.9. The zero-order chi connectivity index (χ0) is 13.0. The first-order valence-electron chi connectivity index (χ1n) is 7.23. The molecule has 0 aromatic heterocycles. The summed E-state index contributed by atoms with van der Waals surface area (Å²) in [4.78, 5) is 4.95. The molecule has 0 bridgehead atoms. The normalized spacial score (nSPS) is 33.6. The lowest BCUT2D eigenvalue weighted by Crippen LogP contribution is -2.42. The molecule has 0 aromatic rings. The minimum absolute atomic E-state index is 0.319. The van der Waals surface area contributed by atoms with Crippen molar-refractivity contribution in [3.63, 3.8) is 0 Å². The standard InChI is InChI=1S/C14H26N2S2/c1-4-14(5-2)10-18-13(16-14)15-11-6-8-12(17-3)9-7-11/h11-12H,4-10H2,1-3H3,(H,15,16). The molecule has 1 N–H and O–H groups in total. The Morgan fingerprint density at radius 1 is 1.28 bits per heavy atom. The predicted molar refractivity (Wildman–Crippen MR) is 85.9 cm³/mol. The van der Waals surface area contributed by atoms with E-state index >= 15 is 0 Å². The van der Waals surface area contributed by atoms with Gasteiger partial charge in [-0.1, -0.05) is 25.6 Å². The molecular weight excluding hydrogens is 260 g/mol. The van der Waals surface area contributed by atoms with Crippen molar-refractivity contribution >= 4 is 28.7 Å². The summed E-state index contributed by atoms with van der Waals surface area (Å²) in [7, 11) is 0. The van der Waals surface area contributed by atoms with Gasteiger partial charge in [0.2, 0.25) is 0 Å². The zero-order valence-corrected chi connectivity index (χ0v) is 13.5. The van der Waals surface area contributed by atoms with Crippen LogP contribution in [0.15, 0.2) is 4.99 Å². The van der Waals surface area contributed by atoms with Gasteiger partial charge in [-0.2, -0.15) is 11.8 Å². The van der Waals surface area contributed by atoms with E-state index in [1.165, 1.54) is 49.4 Å². The van der Waals surface area contributed by atoms with Crippen LogP contribution in [0.5, 0.6) is 0 Å². The van der Waals surface area contributed by atoms with Gasteiger partial charge in [-0.15, -0.1) is 0 Å². The highest BCUT2D eigenvalue weighted by molar-refractivity contribution is 8.14. The maximum atomic E-state index is 4.95. The van der Waals surface area contributed by atoms with Crippen molar-refractivity contribution in [1.29, 1.82) is 0 Å². The molecule has 0 spiro atoms. The lowest BCUT2D eigenvalue weighted by molar-refractivity contribution is 0.404. The number of hydrogen-bond acceptors (Lipinski definition) is 3. The highest BCUT2D eigenvalue weighted by atomic mass is 32.2. The minimum atomic E-state index is 0.319. The van der Waals surface area contributed by atoms with Crippen molar-refractivity contribution in [2.45, 2.75) is 69.2 Å². The molecule has 1 aliphatic heterocycles. The Bertz CT molecular complexity index is 292. The number of hydrogen-bond donors (Lipinski definition) is 1. The first-order chi connectivity index (χ1) is 8.71. The molecule has 0 aromatic carbocycles. The fraction of sp³-hybridized carbons (Fsp3) is 0.929. The summed E-state index contributed by atoms with van der Waals surface area (Å²) < 4.78 is 0. The van der Waals surface area contributed by atoms with E-state index in [9.17, 15) is 0 Å². The molecule has 1 heterocycles. The first-order valence-corrected chi connectivity index (χ1v) is 9.50. The second kappa shape index (κ2) is 6.56. The van der Waals surface area contributed by atoms with Crippen molar-refractivity contribution < 1.29 is 0 Å². The Hall–Kier alpha value is 0.170. The van der Waals surface area contributed by atoms with Crippen LogP contribution in [-0.2, 0) is 0 Å². The van der Waals surface area contributed by atoms with Crippen LogP contribution in [-0.4, -0.2) is 34.0 Å². The van der Waals surface area contributed by atoms with E-state index in [0.29, 0.717) is 11.6 Å². The topological polar surface area (TPSA) is 24.4 Å². The van der Waals surface area contributed by atoms with Crippen LogP contribution in [0.4, 0.5) is 0 Å². The Morgan fingerprint density at radius 2 is 1.94 bits per heavy atom. The average molecular weight is 287 g/mol. The largest absolute Gasteiger partial charge is 0.359 e. The summed E-state index contributed by atoms with van der Waals surface area (Å²) in [5.41, 5.74) is 0.319. The van der Waals surface area contributed by atoms with Crippen LogP contribution in [0.3, 0.4) is 0 Å². The van der Waals surface area contributed by atoms with Gasteiger partial charge < -0.3 is 5.32 Å². The van der Waals surface area contributed by atoms with Gasteiger partial charge in [0.15, 0.2) is 5.17 Å². The fourth-order valence-electron chi connectivity index (χ4n) is 2.78. The first kappa shape index (κ1) is 14.6. The Labute approximate surface area is 120 Å². The predicted octanol–water partition coefficient (Wildman–Crippen LogP) is 3.91. The van der Waals surface area contributed by atoms with Gasteiger partial charge >= 0.3 is 0 Å². The number of nitrogens with one attached hydrogen (secondary N) is 1. The third-order valence-electron chi connectivity index (χ3n) is 4.49. The minimum Gasteiger partial charge on any atom is -0.359 e. The third kappa shape index (κ3) is 3.38. The lowest BCUT2D eigenvalue weighted by atomic mass is 9.95. The summed E-state index contributed by atoms with van der Waals surface area (Å²) in [5, 5.41) is 5.78. The van der Waals surface area contributed by atoms with Gasteiger partial charge in [0, 0.05) is 16.5 Å². The number of nitrogens with zero attached hydrogens (tertiary/aromatic N) is 1. The summed E-state index contributed by atoms with van der Waals surface area (Å²) >= 11 is 3.96. The van der Waals surface area contributed by atoms with Crippen LogP contribution < -0.4 is 5.32 Å². The second-order valence-corrected chi connectivity index (χ2v) is 7.60. The molecule has 104 valence electrons. The van der Waals surface area contributed by atoms with Gasteiger partial charge in [0.25, 0.3) is 0 Å². The Kier molecular flexibility index (Phi) is 5.31. The van der Waals surface area contributed by atoms with Gasteiger partial charge in [-0.25, -0.2) is 0 Å². The van der Waals surface area contributed by atoms with Crippen LogP contribution in [0, 0.1) is 0 Å². The summed E-state index contributed by atoms with van der Waals surface area (Å²) in [6.07, 6.45) is 9.90. The van der Waals surface area contributed by atoms with E-state index in [1.54, 1.807) is 0 Å². The third-order valence-corrected chi connectivity index (χ3v) is 6.80. The van der Waals surface area contributed by atoms with Crippen LogP contribution in [0.25, 0.3) is 0 Å². The van der Waals surface area contributed by atoms with E-state index < -0.39 is 0 Å². The molecule has 0 atom stereocenters. The summed E-state index contributed by atoms with van der Waals surface area (Å²) in [5.74, 6) is 1.19.